The largest absolute Gasteiger partial charge is 0.497 e. The minimum Gasteiger partial charge on any atom is -0.497 e. The molecule has 3 rings (SSSR count). The third kappa shape index (κ3) is 5.72. The van der Waals surface area contributed by atoms with Crippen molar-refractivity contribution in [2.75, 3.05) is 41.0 Å². The average molecular weight is 474 g/mol. The Kier molecular flexibility index (Phi) is 8.46. The zero-order chi connectivity index (χ0) is 24.0. The van der Waals surface area contributed by atoms with Crippen molar-refractivity contribution in [2.45, 2.75) is 26.3 Å². The smallest absolute Gasteiger partial charge is 0.262 e. The number of benzene rings is 1. The maximum Gasteiger partial charge on any atom is 0.262 e. The van der Waals surface area contributed by atoms with Crippen LogP contribution in [0, 0.1) is 5.92 Å². The highest BCUT2D eigenvalue weighted by molar-refractivity contribution is 7.12. The molecular weight excluding hydrogens is 442 g/mol. The Bertz CT molecular complexity index is 990. The first-order valence-corrected chi connectivity index (χ1v) is 11.7. The van der Waals surface area contributed by atoms with Crippen molar-refractivity contribution in [3.8, 4) is 11.5 Å². The summed E-state index contributed by atoms with van der Waals surface area (Å²) in [6, 6.07) is 9.09. The normalized spacial score (nSPS) is 15.5. The number of amides is 2. The maximum atomic E-state index is 13.5. The van der Waals surface area contributed by atoms with E-state index in [-0.39, 0.29) is 30.3 Å². The summed E-state index contributed by atoms with van der Waals surface area (Å²) in [6.07, 6.45) is 0.534. The number of hydrogen-bond acceptors (Lipinski definition) is 7. The van der Waals surface area contributed by atoms with Gasteiger partial charge in [0.15, 0.2) is 0 Å². The van der Waals surface area contributed by atoms with Crippen molar-refractivity contribution in [1.82, 2.24) is 9.91 Å². The van der Waals surface area contributed by atoms with Crippen molar-refractivity contribution in [3.05, 3.63) is 46.2 Å². The van der Waals surface area contributed by atoms with Gasteiger partial charge in [0.2, 0.25) is 5.91 Å². The molecule has 0 radical (unpaired) electrons. The number of nitrogens with zero attached hydrogens (tertiary/aromatic N) is 3. The Morgan fingerprint density at radius 2 is 2.00 bits per heavy atom. The van der Waals surface area contributed by atoms with Gasteiger partial charge in [0, 0.05) is 31.6 Å². The molecule has 9 heteroatoms. The topological polar surface area (TPSA) is 80.7 Å². The molecule has 0 N–H and O–H groups in total. The van der Waals surface area contributed by atoms with Gasteiger partial charge in [-0.1, -0.05) is 19.9 Å². The Hall–Kier alpha value is -2.91. The van der Waals surface area contributed by atoms with Crippen LogP contribution in [-0.4, -0.2) is 68.5 Å². The fourth-order valence-corrected chi connectivity index (χ4v) is 4.46. The summed E-state index contributed by atoms with van der Waals surface area (Å²) in [5.74, 6) is 0.724. The molecular formula is C24H31N3O5S. The van der Waals surface area contributed by atoms with Gasteiger partial charge in [-0.2, -0.15) is 5.10 Å². The Morgan fingerprint density at radius 3 is 2.61 bits per heavy atom. The van der Waals surface area contributed by atoms with E-state index in [1.807, 2.05) is 49.6 Å². The SMILES string of the molecule is COCCN(CC(=O)N1N=C(c2cccs2)C[C@H]1c1cc(OC)ccc1OC)C(=O)C(C)C. The van der Waals surface area contributed by atoms with E-state index in [0.29, 0.717) is 31.1 Å². The van der Waals surface area contributed by atoms with Gasteiger partial charge in [0.05, 0.1) is 37.5 Å². The third-order valence-corrected chi connectivity index (χ3v) is 6.38. The second-order valence-corrected chi connectivity index (χ2v) is 8.95. The molecule has 1 aliphatic heterocycles. The predicted molar refractivity (Wildman–Crippen MR) is 128 cm³/mol. The molecule has 0 saturated carbocycles. The minimum absolute atomic E-state index is 0.0790. The fraction of sp³-hybridized carbons (Fsp3) is 0.458. The van der Waals surface area contributed by atoms with Gasteiger partial charge in [0.1, 0.15) is 18.0 Å². The Balaban J connectivity index is 1.95. The van der Waals surface area contributed by atoms with Crippen molar-refractivity contribution >= 4 is 28.9 Å². The van der Waals surface area contributed by atoms with Gasteiger partial charge in [-0.3, -0.25) is 9.59 Å². The van der Waals surface area contributed by atoms with Crippen LogP contribution in [0.15, 0.2) is 40.8 Å². The number of carbonyl (C=O) groups excluding carboxylic acids is 2. The molecule has 0 saturated heterocycles. The van der Waals surface area contributed by atoms with E-state index < -0.39 is 0 Å². The van der Waals surface area contributed by atoms with E-state index in [0.717, 1.165) is 16.2 Å². The van der Waals surface area contributed by atoms with Crippen LogP contribution in [0.2, 0.25) is 0 Å². The summed E-state index contributed by atoms with van der Waals surface area (Å²) in [5, 5.41) is 8.17. The highest BCUT2D eigenvalue weighted by atomic mass is 32.1. The number of thiophene rings is 1. The molecule has 1 aromatic heterocycles. The minimum atomic E-state index is -0.377. The number of carbonyl (C=O) groups is 2. The zero-order valence-electron chi connectivity index (χ0n) is 19.7. The monoisotopic (exact) mass is 473 g/mol. The number of ether oxygens (including phenoxy) is 3. The molecule has 2 amide bonds. The van der Waals surface area contributed by atoms with Gasteiger partial charge >= 0.3 is 0 Å². The zero-order valence-corrected chi connectivity index (χ0v) is 20.6. The van der Waals surface area contributed by atoms with Gasteiger partial charge in [-0.15, -0.1) is 11.3 Å². The second kappa shape index (κ2) is 11.3. The average Bonchev–Trinajstić information content (AvgIpc) is 3.50. The number of rotatable bonds is 10. The van der Waals surface area contributed by atoms with Crippen molar-refractivity contribution in [3.63, 3.8) is 0 Å². The predicted octanol–water partition coefficient (Wildman–Crippen LogP) is 3.57. The molecule has 2 heterocycles. The lowest BCUT2D eigenvalue weighted by molar-refractivity contribution is -0.143. The number of hydrogen-bond donors (Lipinski definition) is 0. The molecule has 2 aromatic rings. The highest BCUT2D eigenvalue weighted by Gasteiger charge is 2.36. The molecule has 1 aliphatic rings. The molecule has 1 aromatic carbocycles. The lowest BCUT2D eigenvalue weighted by atomic mass is 9.99. The van der Waals surface area contributed by atoms with Gasteiger partial charge < -0.3 is 19.1 Å². The van der Waals surface area contributed by atoms with Crippen LogP contribution in [-0.2, 0) is 14.3 Å². The van der Waals surface area contributed by atoms with E-state index in [2.05, 4.69) is 0 Å². The highest BCUT2D eigenvalue weighted by Crippen LogP contribution is 2.39. The molecule has 0 fully saturated rings. The van der Waals surface area contributed by atoms with Gasteiger partial charge in [-0.05, 0) is 29.6 Å². The third-order valence-electron chi connectivity index (χ3n) is 5.46. The summed E-state index contributed by atoms with van der Waals surface area (Å²) in [6.45, 7) is 4.24. The van der Waals surface area contributed by atoms with Crippen molar-refractivity contribution < 1.29 is 23.8 Å². The first kappa shape index (κ1) is 24.7. The molecule has 0 unspecified atom stereocenters. The van der Waals surface area contributed by atoms with Crippen LogP contribution in [0.4, 0.5) is 0 Å². The van der Waals surface area contributed by atoms with Crippen LogP contribution in [0.5, 0.6) is 11.5 Å². The van der Waals surface area contributed by atoms with Crippen molar-refractivity contribution in [2.24, 2.45) is 11.0 Å². The molecule has 0 spiro atoms. The maximum absolute atomic E-state index is 13.5. The summed E-state index contributed by atoms with van der Waals surface area (Å²) in [4.78, 5) is 28.8. The molecule has 8 nitrogen and oxygen atoms in total. The van der Waals surface area contributed by atoms with Gasteiger partial charge in [0.25, 0.3) is 5.91 Å². The number of methoxy groups -OCH3 is 3. The van der Waals surface area contributed by atoms with Gasteiger partial charge in [-0.25, -0.2) is 5.01 Å². The Morgan fingerprint density at radius 1 is 1.21 bits per heavy atom. The summed E-state index contributed by atoms with van der Waals surface area (Å²) < 4.78 is 16.2. The summed E-state index contributed by atoms with van der Waals surface area (Å²) in [5.41, 5.74) is 1.63. The fourth-order valence-electron chi connectivity index (χ4n) is 3.74. The first-order chi connectivity index (χ1) is 15.9. The van der Waals surface area contributed by atoms with E-state index in [4.69, 9.17) is 19.3 Å². The van der Waals surface area contributed by atoms with Crippen LogP contribution in [0.25, 0.3) is 0 Å². The van der Waals surface area contributed by atoms with Crippen LogP contribution >= 0.6 is 11.3 Å². The summed E-state index contributed by atoms with van der Waals surface area (Å²) in [7, 11) is 4.77. The lowest BCUT2D eigenvalue weighted by Gasteiger charge is -2.28. The van der Waals surface area contributed by atoms with Crippen molar-refractivity contribution in [1.29, 1.82) is 0 Å². The van der Waals surface area contributed by atoms with Crippen LogP contribution in [0.1, 0.15) is 36.8 Å². The molecule has 0 bridgehead atoms. The van der Waals surface area contributed by atoms with E-state index >= 15 is 0 Å². The van der Waals surface area contributed by atoms with E-state index in [1.54, 1.807) is 32.7 Å². The van der Waals surface area contributed by atoms with Crippen LogP contribution < -0.4 is 9.47 Å². The second-order valence-electron chi connectivity index (χ2n) is 8.00. The molecule has 178 valence electrons. The molecule has 1 atom stereocenters. The molecule has 0 aliphatic carbocycles. The summed E-state index contributed by atoms with van der Waals surface area (Å²) >= 11 is 1.58. The van der Waals surface area contributed by atoms with E-state index in [9.17, 15) is 9.59 Å². The molecule has 33 heavy (non-hydrogen) atoms. The lowest BCUT2D eigenvalue weighted by Crippen LogP contribution is -2.44. The van der Waals surface area contributed by atoms with E-state index in [1.165, 1.54) is 9.91 Å². The first-order valence-electron chi connectivity index (χ1n) is 10.8. The Labute approximate surface area is 198 Å². The quantitative estimate of drug-likeness (QED) is 0.527. The standard InChI is InChI=1S/C24H31N3O5S/c1-16(2)24(29)26(10-11-30-3)15-23(28)27-20(14-19(25-27)22-7-6-12-33-22)18-13-17(31-4)8-9-21(18)32-5/h6-9,12-13,16,20H,10-11,14-15H2,1-5H3/t20-/m0/s1. The number of hydrazone groups is 1. The van der Waals surface area contributed by atoms with Crippen LogP contribution in [0.3, 0.4) is 0 Å².